The van der Waals surface area contributed by atoms with Crippen LogP contribution in [0, 0.1) is 28.6 Å². The van der Waals surface area contributed by atoms with Gasteiger partial charge in [0, 0.05) is 11.8 Å². The van der Waals surface area contributed by atoms with E-state index in [0.29, 0.717) is 19.3 Å². The van der Waals surface area contributed by atoms with Gasteiger partial charge in [-0.05, 0) is 55.3 Å². The lowest BCUT2D eigenvalue weighted by Gasteiger charge is -2.59. The first-order valence-corrected chi connectivity index (χ1v) is 9.06. The van der Waals surface area contributed by atoms with Gasteiger partial charge in [-0.1, -0.05) is 25.5 Å². The molecule has 0 bridgehead atoms. The molecule has 0 amide bonds. The van der Waals surface area contributed by atoms with Gasteiger partial charge in [0.15, 0.2) is 0 Å². The van der Waals surface area contributed by atoms with Crippen molar-refractivity contribution < 1.29 is 20.1 Å². The summed E-state index contributed by atoms with van der Waals surface area (Å²) in [5, 5.41) is 31.8. The molecule has 0 spiro atoms. The Morgan fingerprint density at radius 2 is 1.87 bits per heavy atom. The highest BCUT2D eigenvalue weighted by Gasteiger charge is 2.63. The van der Waals surface area contributed by atoms with Crippen LogP contribution < -0.4 is 0 Å². The number of aliphatic hydroxyl groups is 3. The Balaban J connectivity index is 1.79. The Morgan fingerprint density at radius 3 is 2.61 bits per heavy atom. The highest BCUT2D eigenvalue weighted by Crippen LogP contribution is 2.63. The predicted molar refractivity (Wildman–Crippen MR) is 85.5 cm³/mol. The van der Waals surface area contributed by atoms with Crippen molar-refractivity contribution in [3.05, 3.63) is 11.6 Å². The SMILES string of the molecule is C[C@]12CCC(O)CC1=CC(O)[C@@H]1[C@H]2C(O)C[C@]2(C)C(=O)CC[C@@H]12. The highest BCUT2D eigenvalue weighted by atomic mass is 16.3. The first-order chi connectivity index (χ1) is 10.8. The monoisotopic (exact) mass is 320 g/mol. The van der Waals surface area contributed by atoms with Crippen molar-refractivity contribution in [3.63, 3.8) is 0 Å². The van der Waals surface area contributed by atoms with E-state index in [-0.39, 0.29) is 35.1 Å². The van der Waals surface area contributed by atoms with Crippen LogP contribution >= 0.6 is 0 Å². The van der Waals surface area contributed by atoms with E-state index in [4.69, 9.17) is 0 Å². The summed E-state index contributed by atoms with van der Waals surface area (Å²) >= 11 is 0. The molecule has 23 heavy (non-hydrogen) atoms. The Labute approximate surface area is 137 Å². The molecule has 0 aromatic rings. The average Bonchev–Trinajstić information content (AvgIpc) is 2.76. The molecule has 4 heteroatoms. The second-order valence-corrected chi connectivity index (χ2v) is 8.86. The van der Waals surface area contributed by atoms with E-state index >= 15 is 0 Å². The molecular weight excluding hydrogens is 292 g/mol. The maximum absolute atomic E-state index is 12.4. The van der Waals surface area contributed by atoms with Crippen molar-refractivity contribution in [2.24, 2.45) is 28.6 Å². The fourth-order valence-corrected chi connectivity index (χ4v) is 6.52. The maximum atomic E-state index is 12.4. The lowest BCUT2D eigenvalue weighted by atomic mass is 9.46. The number of carbonyl (C=O) groups is 1. The normalized spacial score (nSPS) is 55.7. The molecule has 0 heterocycles. The summed E-state index contributed by atoms with van der Waals surface area (Å²) in [6.45, 7) is 4.18. The molecule has 4 rings (SSSR count). The Bertz CT molecular complexity index is 570. The zero-order chi connectivity index (χ0) is 16.6. The average molecular weight is 320 g/mol. The van der Waals surface area contributed by atoms with E-state index in [9.17, 15) is 20.1 Å². The van der Waals surface area contributed by atoms with Crippen LogP contribution in [0.15, 0.2) is 11.6 Å². The van der Waals surface area contributed by atoms with Crippen LogP contribution in [0.2, 0.25) is 0 Å². The van der Waals surface area contributed by atoms with Gasteiger partial charge in [-0.2, -0.15) is 0 Å². The number of ketones is 1. The van der Waals surface area contributed by atoms with Gasteiger partial charge in [0.1, 0.15) is 5.78 Å². The second-order valence-electron chi connectivity index (χ2n) is 8.86. The zero-order valence-electron chi connectivity index (χ0n) is 14.0. The number of fused-ring (bicyclic) bond motifs is 5. The molecule has 4 nitrogen and oxygen atoms in total. The minimum atomic E-state index is -0.612. The van der Waals surface area contributed by atoms with Crippen molar-refractivity contribution in [3.8, 4) is 0 Å². The van der Waals surface area contributed by atoms with Crippen LogP contribution in [0.3, 0.4) is 0 Å². The van der Waals surface area contributed by atoms with Gasteiger partial charge in [-0.25, -0.2) is 0 Å². The summed E-state index contributed by atoms with van der Waals surface area (Å²) in [7, 11) is 0. The van der Waals surface area contributed by atoms with E-state index in [2.05, 4.69) is 6.92 Å². The summed E-state index contributed by atoms with van der Waals surface area (Å²) < 4.78 is 0. The van der Waals surface area contributed by atoms with Gasteiger partial charge in [0.25, 0.3) is 0 Å². The summed E-state index contributed by atoms with van der Waals surface area (Å²) in [4.78, 5) is 12.4. The molecule has 0 radical (unpaired) electrons. The number of hydrogen-bond donors (Lipinski definition) is 3. The van der Waals surface area contributed by atoms with Crippen molar-refractivity contribution >= 4 is 5.78 Å². The second kappa shape index (κ2) is 4.90. The molecule has 4 aliphatic rings. The smallest absolute Gasteiger partial charge is 0.139 e. The van der Waals surface area contributed by atoms with Crippen molar-refractivity contribution in [2.75, 3.05) is 0 Å². The van der Waals surface area contributed by atoms with E-state index in [1.807, 2.05) is 13.0 Å². The van der Waals surface area contributed by atoms with Gasteiger partial charge < -0.3 is 15.3 Å². The lowest BCUT2D eigenvalue weighted by molar-refractivity contribution is -0.157. The van der Waals surface area contributed by atoms with E-state index < -0.39 is 17.6 Å². The number of rotatable bonds is 0. The highest BCUT2D eigenvalue weighted by molar-refractivity contribution is 5.87. The van der Waals surface area contributed by atoms with Crippen LogP contribution in [0.5, 0.6) is 0 Å². The fourth-order valence-electron chi connectivity index (χ4n) is 6.52. The molecule has 0 aromatic heterocycles. The van der Waals surface area contributed by atoms with Gasteiger partial charge >= 0.3 is 0 Å². The van der Waals surface area contributed by atoms with E-state index in [0.717, 1.165) is 24.8 Å². The summed E-state index contributed by atoms with van der Waals surface area (Å²) in [6.07, 6.45) is 4.57. The van der Waals surface area contributed by atoms with Crippen LogP contribution in [0.25, 0.3) is 0 Å². The van der Waals surface area contributed by atoms with Gasteiger partial charge in [0.05, 0.1) is 18.3 Å². The standard InChI is InChI=1S/C19H28O4/c1-18-6-5-11(20)7-10(18)8-13(21)16-12-3-4-15(23)19(12,2)9-14(22)17(16)18/h8,11-14,16-17,20-22H,3-7,9H2,1-2H3/t11?,12-,13?,14?,16+,17+,18-,19-/m0/s1. The largest absolute Gasteiger partial charge is 0.393 e. The molecule has 128 valence electrons. The quantitative estimate of drug-likeness (QED) is 0.595. The number of carbonyl (C=O) groups excluding carboxylic acids is 1. The molecule has 3 fully saturated rings. The maximum Gasteiger partial charge on any atom is 0.139 e. The van der Waals surface area contributed by atoms with Crippen LogP contribution in [0.1, 0.15) is 52.4 Å². The van der Waals surface area contributed by atoms with Gasteiger partial charge in [-0.3, -0.25) is 4.79 Å². The summed E-state index contributed by atoms with van der Waals surface area (Å²) in [5.74, 6) is 0.374. The van der Waals surface area contributed by atoms with E-state index in [1.165, 1.54) is 0 Å². The first-order valence-electron chi connectivity index (χ1n) is 9.06. The molecule has 0 aliphatic heterocycles. The molecule has 8 atom stereocenters. The Morgan fingerprint density at radius 1 is 1.13 bits per heavy atom. The third kappa shape index (κ3) is 1.98. The van der Waals surface area contributed by atoms with Gasteiger partial charge in [-0.15, -0.1) is 0 Å². The topological polar surface area (TPSA) is 77.8 Å². The molecular formula is C19H28O4. The molecule has 3 saturated carbocycles. The van der Waals surface area contributed by atoms with Crippen molar-refractivity contribution in [1.82, 2.24) is 0 Å². The Kier molecular flexibility index (Phi) is 3.37. The number of Topliss-reactive ketones (excluding diaryl/α,β-unsaturated/α-hetero) is 1. The van der Waals surface area contributed by atoms with Crippen LogP contribution in [-0.2, 0) is 4.79 Å². The first kappa shape index (κ1) is 15.8. The minimum Gasteiger partial charge on any atom is -0.393 e. The predicted octanol–water partition coefficient (Wildman–Crippen LogP) is 1.82. The van der Waals surface area contributed by atoms with Crippen LogP contribution in [0.4, 0.5) is 0 Å². The minimum absolute atomic E-state index is 0.00558. The number of hydrogen-bond acceptors (Lipinski definition) is 4. The molecule has 0 saturated heterocycles. The van der Waals surface area contributed by atoms with Crippen molar-refractivity contribution in [2.45, 2.75) is 70.7 Å². The molecule has 0 aromatic carbocycles. The van der Waals surface area contributed by atoms with Gasteiger partial charge in [0.2, 0.25) is 0 Å². The number of aliphatic hydroxyl groups excluding tert-OH is 3. The Hall–Kier alpha value is -0.710. The lowest BCUT2D eigenvalue weighted by Crippen LogP contribution is -2.59. The van der Waals surface area contributed by atoms with Crippen LogP contribution in [-0.4, -0.2) is 39.4 Å². The fraction of sp³-hybridized carbons (Fsp3) is 0.842. The summed E-state index contributed by atoms with van der Waals surface area (Å²) in [6, 6.07) is 0. The third-order valence-electron chi connectivity index (χ3n) is 7.75. The van der Waals surface area contributed by atoms with E-state index in [1.54, 1.807) is 0 Å². The molecule has 3 unspecified atom stereocenters. The third-order valence-corrected chi connectivity index (χ3v) is 7.75. The zero-order valence-corrected chi connectivity index (χ0v) is 14.0. The van der Waals surface area contributed by atoms with Crippen molar-refractivity contribution in [1.29, 1.82) is 0 Å². The summed E-state index contributed by atoms with van der Waals surface area (Å²) in [5.41, 5.74) is 0.476. The molecule has 3 N–H and O–H groups in total. The molecule has 4 aliphatic carbocycles.